The van der Waals surface area contributed by atoms with Crippen molar-refractivity contribution in [2.24, 2.45) is 11.8 Å². The smallest absolute Gasteiger partial charge is 0.246 e. The van der Waals surface area contributed by atoms with Crippen LogP contribution in [0.15, 0.2) is 30.4 Å². The molecule has 3 unspecified atom stereocenters. The Morgan fingerprint density at radius 3 is 2.61 bits per heavy atom. The number of nitrogens with one attached hydrogen (secondary N) is 2. The molecule has 1 saturated carbocycles. The summed E-state index contributed by atoms with van der Waals surface area (Å²) in [6.07, 6.45) is 9.17. The van der Waals surface area contributed by atoms with E-state index in [2.05, 4.69) is 10.6 Å². The molecule has 3 amide bonds. The average molecular weight is 524 g/mol. The molecule has 38 heavy (non-hydrogen) atoms. The summed E-state index contributed by atoms with van der Waals surface area (Å²) in [5, 5.41) is 6.24. The van der Waals surface area contributed by atoms with Crippen LogP contribution >= 0.6 is 0 Å². The summed E-state index contributed by atoms with van der Waals surface area (Å²) in [5.41, 5.74) is 1.78. The molecule has 2 N–H and O–H groups in total. The number of carbonyl (C=O) groups excluding carboxylic acids is 3. The number of fused-ring (bicyclic) bond motifs is 1. The molecule has 1 spiro atoms. The van der Waals surface area contributed by atoms with Gasteiger partial charge in [-0.05, 0) is 70.2 Å². The van der Waals surface area contributed by atoms with E-state index < -0.39 is 29.6 Å². The summed E-state index contributed by atoms with van der Waals surface area (Å²) >= 11 is 0. The molecule has 5 rings (SSSR count). The third kappa shape index (κ3) is 4.89. The minimum Gasteiger partial charge on any atom is -0.379 e. The maximum Gasteiger partial charge on any atom is 0.246 e. The molecule has 4 aliphatic rings. The molecule has 0 aromatic heterocycles. The summed E-state index contributed by atoms with van der Waals surface area (Å²) in [7, 11) is 0. The molecule has 3 heterocycles. The van der Waals surface area contributed by atoms with E-state index in [4.69, 9.17) is 9.47 Å². The fraction of sp³-hybridized carbons (Fsp3) is 0.633. The van der Waals surface area contributed by atoms with Gasteiger partial charge in [-0.3, -0.25) is 14.4 Å². The SMILES string of the molecule is Cc1ccc(NC(=O)C2[C@H]3C=CC4(O3)C(C(=O)NC3CCCCC3)N(CCCOC(C)C)C(=O)[C@@H]24)cc1C. The number of likely N-dealkylation sites (tertiary alicyclic amines) is 1. The van der Waals surface area contributed by atoms with Gasteiger partial charge in [0.15, 0.2) is 0 Å². The Morgan fingerprint density at radius 2 is 1.89 bits per heavy atom. The lowest BCUT2D eigenvalue weighted by molar-refractivity contribution is -0.141. The molecule has 2 bridgehead atoms. The summed E-state index contributed by atoms with van der Waals surface area (Å²) in [5.74, 6) is -2.06. The Morgan fingerprint density at radius 1 is 1.13 bits per heavy atom. The second-order valence-corrected chi connectivity index (χ2v) is 11.6. The molecule has 3 aliphatic heterocycles. The first kappa shape index (κ1) is 26.9. The predicted octanol–water partition coefficient (Wildman–Crippen LogP) is 3.66. The van der Waals surface area contributed by atoms with Gasteiger partial charge in [-0.25, -0.2) is 0 Å². The highest BCUT2D eigenvalue weighted by Crippen LogP contribution is 2.55. The second-order valence-electron chi connectivity index (χ2n) is 11.6. The van der Waals surface area contributed by atoms with Crippen LogP contribution in [0.1, 0.15) is 63.5 Å². The highest BCUT2D eigenvalue weighted by atomic mass is 16.5. The van der Waals surface area contributed by atoms with Gasteiger partial charge < -0.3 is 25.0 Å². The number of rotatable bonds is 9. The van der Waals surface area contributed by atoms with E-state index in [-0.39, 0.29) is 29.9 Å². The van der Waals surface area contributed by atoms with E-state index >= 15 is 0 Å². The van der Waals surface area contributed by atoms with Crippen LogP contribution in [0.3, 0.4) is 0 Å². The van der Waals surface area contributed by atoms with E-state index in [0.29, 0.717) is 25.3 Å². The molecule has 8 nitrogen and oxygen atoms in total. The van der Waals surface area contributed by atoms with Gasteiger partial charge >= 0.3 is 0 Å². The zero-order valence-corrected chi connectivity index (χ0v) is 23.0. The number of hydrogen-bond acceptors (Lipinski definition) is 5. The lowest BCUT2D eigenvalue weighted by Crippen LogP contribution is -2.56. The van der Waals surface area contributed by atoms with Gasteiger partial charge in [0.05, 0.1) is 24.0 Å². The van der Waals surface area contributed by atoms with Gasteiger partial charge in [0.25, 0.3) is 0 Å². The summed E-state index contributed by atoms with van der Waals surface area (Å²) < 4.78 is 12.1. The zero-order chi connectivity index (χ0) is 27.0. The molecule has 8 heteroatoms. The van der Waals surface area contributed by atoms with Crippen LogP contribution in [0.4, 0.5) is 5.69 Å². The minimum absolute atomic E-state index is 0.0907. The molecule has 3 fully saturated rings. The minimum atomic E-state index is -1.13. The van der Waals surface area contributed by atoms with Crippen LogP contribution in [-0.4, -0.2) is 65.7 Å². The van der Waals surface area contributed by atoms with Crippen LogP contribution in [-0.2, 0) is 23.9 Å². The van der Waals surface area contributed by atoms with E-state index in [0.717, 1.165) is 36.8 Å². The van der Waals surface area contributed by atoms with Gasteiger partial charge in [-0.1, -0.05) is 37.5 Å². The van der Waals surface area contributed by atoms with Crippen LogP contribution in [0, 0.1) is 25.7 Å². The molecule has 1 aliphatic carbocycles. The Kier molecular flexibility index (Phi) is 7.65. The highest BCUT2D eigenvalue weighted by Gasteiger charge is 2.72. The quantitative estimate of drug-likeness (QED) is 0.380. The maximum atomic E-state index is 14.0. The van der Waals surface area contributed by atoms with Crippen LogP contribution < -0.4 is 10.6 Å². The lowest BCUT2D eigenvalue weighted by Gasteiger charge is -2.34. The molecule has 1 aromatic carbocycles. The van der Waals surface area contributed by atoms with Crippen molar-refractivity contribution in [2.45, 2.75) is 96.1 Å². The highest BCUT2D eigenvalue weighted by molar-refractivity contribution is 6.02. The lowest BCUT2D eigenvalue weighted by atomic mass is 9.74. The van der Waals surface area contributed by atoms with Gasteiger partial charge in [-0.15, -0.1) is 0 Å². The second kappa shape index (κ2) is 10.8. The van der Waals surface area contributed by atoms with Crippen LogP contribution in [0.5, 0.6) is 0 Å². The Bertz CT molecular complexity index is 1110. The number of hydrogen-bond donors (Lipinski definition) is 2. The van der Waals surface area contributed by atoms with Crippen molar-refractivity contribution in [3.8, 4) is 0 Å². The molecular weight excluding hydrogens is 482 g/mol. The van der Waals surface area contributed by atoms with E-state index in [1.165, 1.54) is 6.42 Å². The summed E-state index contributed by atoms with van der Waals surface area (Å²) in [4.78, 5) is 43.1. The van der Waals surface area contributed by atoms with E-state index in [1.54, 1.807) is 4.90 Å². The molecule has 5 atom stereocenters. The standard InChI is InChI=1S/C30H41N3O5/c1-18(2)37-16-8-15-33-26(28(35)31-21-9-6-5-7-10-21)30-14-13-23(38-30)24(25(30)29(33)36)27(34)32-22-12-11-19(3)20(4)17-22/h11-14,17-18,21,23-26H,5-10,15-16H2,1-4H3,(H,31,35)(H,32,34)/t23-,24?,25-,26?,30?/m1/s1. The zero-order valence-electron chi connectivity index (χ0n) is 23.0. The monoisotopic (exact) mass is 523 g/mol. The van der Waals surface area contributed by atoms with Crippen molar-refractivity contribution in [2.75, 3.05) is 18.5 Å². The van der Waals surface area contributed by atoms with Crippen molar-refractivity contribution in [1.29, 1.82) is 0 Å². The number of nitrogens with zero attached hydrogens (tertiary/aromatic N) is 1. The first-order valence-corrected chi connectivity index (χ1v) is 14.2. The molecule has 1 aromatic rings. The van der Waals surface area contributed by atoms with Gasteiger partial charge in [0.2, 0.25) is 17.7 Å². The molecule has 206 valence electrons. The van der Waals surface area contributed by atoms with Crippen molar-refractivity contribution in [3.63, 3.8) is 0 Å². The van der Waals surface area contributed by atoms with Crippen molar-refractivity contribution in [3.05, 3.63) is 41.5 Å². The van der Waals surface area contributed by atoms with Crippen LogP contribution in [0.2, 0.25) is 0 Å². The third-order valence-electron chi connectivity index (χ3n) is 8.65. The first-order chi connectivity index (χ1) is 18.2. The van der Waals surface area contributed by atoms with Gasteiger partial charge in [-0.2, -0.15) is 0 Å². The number of ether oxygens (including phenoxy) is 2. The van der Waals surface area contributed by atoms with Gasteiger partial charge in [0.1, 0.15) is 11.6 Å². The first-order valence-electron chi connectivity index (χ1n) is 14.2. The Hall–Kier alpha value is -2.71. The number of amides is 3. The normalized spacial score (nSPS) is 30.2. The largest absolute Gasteiger partial charge is 0.379 e. The van der Waals surface area contributed by atoms with E-state index in [1.807, 2.05) is 58.0 Å². The number of anilines is 1. The predicted molar refractivity (Wildman–Crippen MR) is 144 cm³/mol. The Labute approximate surface area is 225 Å². The summed E-state index contributed by atoms with van der Waals surface area (Å²) in [6, 6.07) is 5.08. The molecule has 2 saturated heterocycles. The average Bonchev–Trinajstić information content (AvgIpc) is 3.52. The van der Waals surface area contributed by atoms with Crippen molar-refractivity contribution in [1.82, 2.24) is 10.2 Å². The number of carbonyl (C=O) groups is 3. The number of aryl methyl sites for hydroxylation is 2. The van der Waals surface area contributed by atoms with Crippen molar-refractivity contribution < 1.29 is 23.9 Å². The summed E-state index contributed by atoms with van der Waals surface area (Å²) in [6.45, 7) is 8.84. The van der Waals surface area contributed by atoms with Crippen LogP contribution in [0.25, 0.3) is 0 Å². The fourth-order valence-corrected chi connectivity index (χ4v) is 6.63. The Balaban J connectivity index is 1.39. The fourth-order valence-electron chi connectivity index (χ4n) is 6.63. The molecular formula is C30H41N3O5. The van der Waals surface area contributed by atoms with E-state index in [9.17, 15) is 14.4 Å². The van der Waals surface area contributed by atoms with Crippen molar-refractivity contribution >= 4 is 23.4 Å². The van der Waals surface area contributed by atoms with Gasteiger partial charge in [0, 0.05) is 24.9 Å². The maximum absolute atomic E-state index is 14.0. The third-order valence-corrected chi connectivity index (χ3v) is 8.65. The topological polar surface area (TPSA) is 97.0 Å². The number of benzene rings is 1. The molecule has 0 radical (unpaired) electrons.